The Bertz CT molecular complexity index is 498. The van der Waals surface area contributed by atoms with Gasteiger partial charge in [-0.05, 0) is 36.8 Å². The zero-order valence-electron chi connectivity index (χ0n) is 11.6. The summed E-state index contributed by atoms with van der Waals surface area (Å²) in [7, 11) is 1.79. The Labute approximate surface area is 118 Å². The van der Waals surface area contributed by atoms with Crippen LogP contribution in [0.15, 0.2) is 24.3 Å². The highest BCUT2D eigenvalue weighted by Crippen LogP contribution is 2.29. The third-order valence-corrected chi connectivity index (χ3v) is 3.44. The topological polar surface area (TPSA) is 69.6 Å². The fraction of sp³-hybridized carbons (Fsp3) is 0.467. The minimum atomic E-state index is -0.836. The molecule has 5 nitrogen and oxygen atoms in total. The van der Waals surface area contributed by atoms with Crippen molar-refractivity contribution in [2.75, 3.05) is 18.9 Å². The molecule has 0 aliphatic heterocycles. The number of carboxylic acid groups (broad SMARTS) is 1. The maximum Gasteiger partial charge on any atom is 0.321 e. The Morgan fingerprint density at radius 3 is 2.70 bits per heavy atom. The van der Waals surface area contributed by atoms with Crippen molar-refractivity contribution in [3.05, 3.63) is 29.8 Å². The molecule has 0 radical (unpaired) electrons. The smallest absolute Gasteiger partial charge is 0.321 e. The molecule has 2 rings (SSSR count). The first kappa shape index (κ1) is 14.4. The number of carbonyl (C=O) groups is 2. The maximum absolute atomic E-state index is 12.1. The van der Waals surface area contributed by atoms with Gasteiger partial charge >= 0.3 is 12.0 Å². The highest BCUT2D eigenvalue weighted by molar-refractivity contribution is 5.90. The summed E-state index contributed by atoms with van der Waals surface area (Å²) in [5.41, 5.74) is 1.55. The molecular weight excluding hydrogens is 256 g/mol. The zero-order valence-corrected chi connectivity index (χ0v) is 11.6. The molecule has 0 heterocycles. The zero-order chi connectivity index (χ0) is 14.5. The second kappa shape index (κ2) is 6.41. The normalized spacial score (nSPS) is 13.8. The molecule has 1 fully saturated rings. The fourth-order valence-corrected chi connectivity index (χ4v) is 2.08. The predicted molar refractivity (Wildman–Crippen MR) is 76.8 cm³/mol. The highest BCUT2D eigenvalue weighted by atomic mass is 16.4. The molecular formula is C15H20N2O3. The average molecular weight is 276 g/mol. The van der Waals surface area contributed by atoms with Crippen LogP contribution in [-0.4, -0.2) is 35.6 Å². The number of aliphatic carboxylic acids is 1. The lowest BCUT2D eigenvalue weighted by atomic mass is 10.1. The quantitative estimate of drug-likeness (QED) is 0.839. The van der Waals surface area contributed by atoms with Crippen LogP contribution in [0.25, 0.3) is 0 Å². The maximum atomic E-state index is 12.1. The third-order valence-electron chi connectivity index (χ3n) is 3.44. The molecule has 1 aromatic rings. The number of amides is 2. The second-order valence-electron chi connectivity index (χ2n) is 5.30. The minimum absolute atomic E-state index is 0.0603. The molecule has 20 heavy (non-hydrogen) atoms. The van der Waals surface area contributed by atoms with E-state index in [1.54, 1.807) is 18.0 Å². The lowest BCUT2D eigenvalue weighted by Crippen LogP contribution is -2.33. The molecule has 1 aliphatic rings. The first-order valence-electron chi connectivity index (χ1n) is 6.88. The summed E-state index contributed by atoms with van der Waals surface area (Å²) in [5, 5.41) is 11.6. The van der Waals surface area contributed by atoms with Crippen LogP contribution in [0.5, 0.6) is 0 Å². The summed E-state index contributed by atoms with van der Waals surface area (Å²) in [5.74, 6) is -0.190. The number of carboxylic acids is 1. The molecule has 1 aromatic carbocycles. The van der Waals surface area contributed by atoms with E-state index in [-0.39, 0.29) is 12.5 Å². The number of anilines is 1. The first-order valence-corrected chi connectivity index (χ1v) is 6.88. The van der Waals surface area contributed by atoms with Crippen LogP contribution in [0.1, 0.15) is 24.8 Å². The Kier molecular flexibility index (Phi) is 4.61. The van der Waals surface area contributed by atoms with Crippen molar-refractivity contribution in [1.82, 2.24) is 4.90 Å². The van der Waals surface area contributed by atoms with Crippen LogP contribution in [0.3, 0.4) is 0 Å². The van der Waals surface area contributed by atoms with E-state index in [0.29, 0.717) is 18.0 Å². The van der Waals surface area contributed by atoms with Gasteiger partial charge < -0.3 is 15.3 Å². The summed E-state index contributed by atoms with van der Waals surface area (Å²) < 4.78 is 0. The molecule has 108 valence electrons. The standard InChI is InChI=1S/C15H20N2O3/c1-17(10-11-6-7-11)15(20)16-13-5-3-2-4-12(13)8-9-14(18)19/h2-5,11H,6-10H2,1H3,(H,16,20)(H,18,19). The van der Waals surface area contributed by atoms with Gasteiger partial charge in [0.15, 0.2) is 0 Å². The van der Waals surface area contributed by atoms with Gasteiger partial charge in [-0.1, -0.05) is 18.2 Å². The van der Waals surface area contributed by atoms with Gasteiger partial charge in [0.2, 0.25) is 0 Å². The second-order valence-corrected chi connectivity index (χ2v) is 5.30. The molecule has 1 saturated carbocycles. The van der Waals surface area contributed by atoms with Crippen molar-refractivity contribution in [3.63, 3.8) is 0 Å². The predicted octanol–water partition coefficient (Wildman–Crippen LogP) is 2.58. The Balaban J connectivity index is 1.96. The Hall–Kier alpha value is -2.04. The van der Waals surface area contributed by atoms with Crippen LogP contribution in [0, 0.1) is 5.92 Å². The molecule has 0 aromatic heterocycles. The van der Waals surface area contributed by atoms with Gasteiger partial charge in [0.05, 0.1) is 0 Å². The lowest BCUT2D eigenvalue weighted by Gasteiger charge is -2.19. The van der Waals surface area contributed by atoms with Crippen molar-refractivity contribution < 1.29 is 14.7 Å². The number of carbonyl (C=O) groups excluding carboxylic acids is 1. The molecule has 1 aliphatic carbocycles. The minimum Gasteiger partial charge on any atom is -0.481 e. The molecule has 0 spiro atoms. The van der Waals surface area contributed by atoms with E-state index in [1.807, 2.05) is 18.2 Å². The molecule has 0 unspecified atom stereocenters. The molecule has 2 amide bonds. The number of hydrogen-bond acceptors (Lipinski definition) is 2. The number of nitrogens with zero attached hydrogens (tertiary/aromatic N) is 1. The molecule has 2 N–H and O–H groups in total. The highest BCUT2D eigenvalue weighted by Gasteiger charge is 2.24. The van der Waals surface area contributed by atoms with E-state index in [0.717, 1.165) is 12.1 Å². The number of benzene rings is 1. The molecule has 0 saturated heterocycles. The van der Waals surface area contributed by atoms with Crippen LogP contribution in [-0.2, 0) is 11.2 Å². The van der Waals surface area contributed by atoms with E-state index in [4.69, 9.17) is 5.11 Å². The van der Waals surface area contributed by atoms with Gasteiger partial charge in [0, 0.05) is 25.7 Å². The van der Waals surface area contributed by atoms with Crippen LogP contribution < -0.4 is 5.32 Å². The van der Waals surface area contributed by atoms with Gasteiger partial charge in [-0.15, -0.1) is 0 Å². The van der Waals surface area contributed by atoms with E-state index in [9.17, 15) is 9.59 Å². The third kappa shape index (κ3) is 4.26. The number of hydrogen-bond donors (Lipinski definition) is 2. The van der Waals surface area contributed by atoms with Gasteiger partial charge in [0.25, 0.3) is 0 Å². The molecule has 5 heteroatoms. The van der Waals surface area contributed by atoms with Crippen LogP contribution >= 0.6 is 0 Å². The van der Waals surface area contributed by atoms with Gasteiger partial charge in [-0.3, -0.25) is 4.79 Å². The monoisotopic (exact) mass is 276 g/mol. The van der Waals surface area contributed by atoms with Gasteiger partial charge in [-0.2, -0.15) is 0 Å². The van der Waals surface area contributed by atoms with Crippen LogP contribution in [0.4, 0.5) is 10.5 Å². The molecule has 0 bridgehead atoms. The average Bonchev–Trinajstić information content (AvgIpc) is 3.21. The number of para-hydroxylation sites is 1. The lowest BCUT2D eigenvalue weighted by molar-refractivity contribution is -0.136. The number of urea groups is 1. The number of aryl methyl sites for hydroxylation is 1. The van der Waals surface area contributed by atoms with Crippen molar-refractivity contribution in [2.45, 2.75) is 25.7 Å². The summed E-state index contributed by atoms with van der Waals surface area (Å²) >= 11 is 0. The largest absolute Gasteiger partial charge is 0.481 e. The SMILES string of the molecule is CN(CC1CC1)C(=O)Nc1ccccc1CCC(=O)O. The van der Waals surface area contributed by atoms with Crippen LogP contribution in [0.2, 0.25) is 0 Å². The Morgan fingerprint density at radius 2 is 2.05 bits per heavy atom. The van der Waals surface area contributed by atoms with Crippen molar-refractivity contribution in [1.29, 1.82) is 0 Å². The van der Waals surface area contributed by atoms with Gasteiger partial charge in [-0.25, -0.2) is 4.79 Å². The first-order chi connectivity index (χ1) is 9.56. The van der Waals surface area contributed by atoms with Crippen molar-refractivity contribution in [2.24, 2.45) is 5.92 Å². The number of rotatable bonds is 6. The Morgan fingerprint density at radius 1 is 1.35 bits per heavy atom. The van der Waals surface area contributed by atoms with E-state index in [2.05, 4.69) is 5.32 Å². The summed E-state index contributed by atoms with van der Waals surface area (Å²) in [6.45, 7) is 0.781. The van der Waals surface area contributed by atoms with E-state index >= 15 is 0 Å². The fourth-order valence-electron chi connectivity index (χ4n) is 2.08. The van der Waals surface area contributed by atoms with E-state index in [1.165, 1.54) is 12.8 Å². The summed E-state index contributed by atoms with van der Waals surface area (Å²) in [4.78, 5) is 24.4. The van der Waals surface area contributed by atoms with Crippen molar-refractivity contribution in [3.8, 4) is 0 Å². The summed E-state index contributed by atoms with van der Waals surface area (Å²) in [6, 6.07) is 7.20. The van der Waals surface area contributed by atoms with Crippen molar-refractivity contribution >= 4 is 17.7 Å². The van der Waals surface area contributed by atoms with E-state index < -0.39 is 5.97 Å². The van der Waals surface area contributed by atoms with Gasteiger partial charge in [0.1, 0.15) is 0 Å². The molecule has 0 atom stereocenters. The summed E-state index contributed by atoms with van der Waals surface area (Å²) in [6.07, 6.45) is 2.88. The number of nitrogens with one attached hydrogen (secondary N) is 1.